The van der Waals surface area contributed by atoms with E-state index in [1.54, 1.807) is 0 Å². The average Bonchev–Trinajstić information content (AvgIpc) is 2.65. The van der Waals surface area contributed by atoms with Crippen molar-refractivity contribution in [3.63, 3.8) is 0 Å². The number of pyridine rings is 2. The second kappa shape index (κ2) is 5.63. The number of aryl methyl sites for hydroxylation is 2. The Morgan fingerprint density at radius 3 is 2.12 bits per heavy atom. The van der Waals surface area contributed by atoms with Gasteiger partial charge < -0.3 is 0 Å². The van der Waals surface area contributed by atoms with Gasteiger partial charge in [-0.3, -0.25) is 0 Å². The van der Waals surface area contributed by atoms with Crippen LogP contribution in [0.1, 0.15) is 11.1 Å². The van der Waals surface area contributed by atoms with Crippen LogP contribution >= 0.6 is 0 Å². The summed E-state index contributed by atoms with van der Waals surface area (Å²) in [6.07, 6.45) is 0. The highest BCUT2D eigenvalue weighted by atomic mass is 14.8. The molecular formula is C24H18N2. The highest BCUT2D eigenvalue weighted by molar-refractivity contribution is 6.11. The van der Waals surface area contributed by atoms with Crippen LogP contribution in [0.5, 0.6) is 0 Å². The third kappa shape index (κ3) is 2.34. The van der Waals surface area contributed by atoms with E-state index in [-0.39, 0.29) is 0 Å². The molecule has 2 heteroatoms. The molecule has 0 saturated carbocycles. The van der Waals surface area contributed by atoms with Crippen LogP contribution in [0.25, 0.3) is 44.0 Å². The van der Waals surface area contributed by atoms with E-state index in [1.807, 2.05) is 0 Å². The topological polar surface area (TPSA) is 25.8 Å². The van der Waals surface area contributed by atoms with Crippen molar-refractivity contribution in [1.82, 2.24) is 9.97 Å². The summed E-state index contributed by atoms with van der Waals surface area (Å²) in [5.41, 5.74) is 7.66. The van der Waals surface area contributed by atoms with E-state index in [9.17, 15) is 0 Å². The largest absolute Gasteiger partial charge is 0.228 e. The zero-order chi connectivity index (χ0) is 17.7. The fourth-order valence-corrected chi connectivity index (χ4v) is 3.68. The Labute approximate surface area is 152 Å². The standard InChI is InChI=1S/C24H18N2/c1-15-8-10-21-18(12-15)14-20-23(17-6-4-3-5-7-17)19-13-16(2)9-11-22(19)26-24(20)25-21/h3-14H,1-2H3. The molecule has 0 radical (unpaired) electrons. The van der Waals surface area contributed by atoms with Crippen molar-refractivity contribution in [1.29, 1.82) is 0 Å². The summed E-state index contributed by atoms with van der Waals surface area (Å²) in [5.74, 6) is 0. The summed E-state index contributed by atoms with van der Waals surface area (Å²) in [7, 11) is 0. The highest BCUT2D eigenvalue weighted by Crippen LogP contribution is 2.36. The minimum absolute atomic E-state index is 0.802. The molecular weight excluding hydrogens is 316 g/mol. The summed E-state index contributed by atoms with van der Waals surface area (Å²) < 4.78 is 0. The molecule has 0 saturated heterocycles. The number of benzene rings is 3. The van der Waals surface area contributed by atoms with Crippen LogP contribution in [0.4, 0.5) is 0 Å². The van der Waals surface area contributed by atoms with Crippen LogP contribution in [-0.4, -0.2) is 9.97 Å². The highest BCUT2D eigenvalue weighted by Gasteiger charge is 2.13. The van der Waals surface area contributed by atoms with Crippen LogP contribution < -0.4 is 0 Å². The van der Waals surface area contributed by atoms with Crippen LogP contribution in [-0.2, 0) is 0 Å². The summed E-state index contributed by atoms with van der Waals surface area (Å²) in [6, 6.07) is 25.6. The summed E-state index contributed by atoms with van der Waals surface area (Å²) in [4.78, 5) is 9.73. The minimum atomic E-state index is 0.802. The number of hydrogen-bond acceptors (Lipinski definition) is 2. The zero-order valence-corrected chi connectivity index (χ0v) is 14.8. The molecule has 124 valence electrons. The molecule has 0 aliphatic rings. The van der Waals surface area contributed by atoms with Gasteiger partial charge in [0.25, 0.3) is 0 Å². The van der Waals surface area contributed by atoms with Crippen LogP contribution in [0.3, 0.4) is 0 Å². The average molecular weight is 334 g/mol. The van der Waals surface area contributed by atoms with Gasteiger partial charge in [-0.15, -0.1) is 0 Å². The fraction of sp³-hybridized carbons (Fsp3) is 0.0833. The number of aromatic nitrogens is 2. The van der Waals surface area contributed by atoms with Crippen LogP contribution in [0.2, 0.25) is 0 Å². The normalized spacial score (nSPS) is 11.5. The lowest BCUT2D eigenvalue weighted by atomic mass is 9.95. The number of hydrogen-bond donors (Lipinski definition) is 0. The minimum Gasteiger partial charge on any atom is -0.228 e. The Hall–Kier alpha value is -3.26. The quantitative estimate of drug-likeness (QED) is 0.340. The molecule has 0 amide bonds. The molecule has 0 bridgehead atoms. The van der Waals surface area contributed by atoms with E-state index < -0.39 is 0 Å². The maximum atomic E-state index is 4.87. The molecule has 5 aromatic rings. The molecule has 3 aromatic carbocycles. The van der Waals surface area contributed by atoms with Crippen molar-refractivity contribution < 1.29 is 0 Å². The molecule has 0 unspecified atom stereocenters. The molecule has 2 heterocycles. The lowest BCUT2D eigenvalue weighted by molar-refractivity contribution is 1.36. The van der Waals surface area contributed by atoms with Crippen molar-refractivity contribution in [3.05, 3.63) is 83.9 Å². The molecule has 2 nitrogen and oxygen atoms in total. The van der Waals surface area contributed by atoms with Gasteiger partial charge in [0.1, 0.15) is 0 Å². The molecule has 0 aliphatic heterocycles. The Balaban J connectivity index is 2.01. The summed E-state index contributed by atoms with van der Waals surface area (Å²) >= 11 is 0. The summed E-state index contributed by atoms with van der Waals surface area (Å²) in [6.45, 7) is 4.24. The van der Waals surface area contributed by atoms with Crippen molar-refractivity contribution in [2.45, 2.75) is 13.8 Å². The first-order chi connectivity index (χ1) is 12.7. The van der Waals surface area contributed by atoms with Crippen molar-refractivity contribution >= 4 is 32.8 Å². The van der Waals surface area contributed by atoms with Crippen molar-refractivity contribution in [2.24, 2.45) is 0 Å². The monoisotopic (exact) mass is 334 g/mol. The SMILES string of the molecule is Cc1ccc2nc3nc4ccc(C)cc4c(-c4ccccc4)c3cc2c1. The first-order valence-electron chi connectivity index (χ1n) is 8.86. The van der Waals surface area contributed by atoms with Gasteiger partial charge in [-0.05, 0) is 49.7 Å². The molecule has 0 fully saturated rings. The Kier molecular flexibility index (Phi) is 3.26. The molecule has 0 atom stereocenters. The zero-order valence-electron chi connectivity index (χ0n) is 14.8. The number of nitrogens with zero attached hydrogens (tertiary/aromatic N) is 2. The molecule has 26 heavy (non-hydrogen) atoms. The molecule has 2 aromatic heterocycles. The lowest BCUT2D eigenvalue weighted by Gasteiger charge is -2.12. The van der Waals surface area contributed by atoms with Crippen LogP contribution in [0, 0.1) is 13.8 Å². The van der Waals surface area contributed by atoms with Gasteiger partial charge in [0.05, 0.1) is 11.0 Å². The predicted molar refractivity (Wildman–Crippen MR) is 109 cm³/mol. The van der Waals surface area contributed by atoms with E-state index in [1.165, 1.54) is 27.6 Å². The Morgan fingerprint density at radius 2 is 1.31 bits per heavy atom. The molecule has 0 N–H and O–H groups in total. The first-order valence-corrected chi connectivity index (χ1v) is 8.86. The van der Waals surface area contributed by atoms with Crippen LogP contribution in [0.15, 0.2) is 72.8 Å². The smallest absolute Gasteiger partial charge is 0.161 e. The van der Waals surface area contributed by atoms with E-state index in [0.717, 1.165) is 27.5 Å². The van der Waals surface area contributed by atoms with Gasteiger partial charge in [0.2, 0.25) is 0 Å². The lowest BCUT2D eigenvalue weighted by Crippen LogP contribution is -1.93. The van der Waals surface area contributed by atoms with E-state index in [2.05, 4.69) is 86.6 Å². The van der Waals surface area contributed by atoms with E-state index in [0.29, 0.717) is 0 Å². The second-order valence-corrected chi connectivity index (χ2v) is 6.93. The van der Waals surface area contributed by atoms with Gasteiger partial charge in [-0.25, -0.2) is 9.97 Å². The predicted octanol–water partition coefficient (Wildman–Crippen LogP) is 6.22. The number of fused-ring (bicyclic) bond motifs is 3. The first kappa shape index (κ1) is 15.0. The van der Waals surface area contributed by atoms with Crippen molar-refractivity contribution in [3.8, 4) is 11.1 Å². The summed E-state index contributed by atoms with van der Waals surface area (Å²) in [5, 5.41) is 3.44. The molecule has 0 spiro atoms. The van der Waals surface area contributed by atoms with Crippen molar-refractivity contribution in [2.75, 3.05) is 0 Å². The second-order valence-electron chi connectivity index (χ2n) is 6.93. The van der Waals surface area contributed by atoms with E-state index >= 15 is 0 Å². The van der Waals surface area contributed by atoms with Gasteiger partial charge in [0.15, 0.2) is 5.65 Å². The Bertz CT molecular complexity index is 1280. The molecule has 0 aliphatic carbocycles. The van der Waals surface area contributed by atoms with Gasteiger partial charge in [-0.1, -0.05) is 53.6 Å². The van der Waals surface area contributed by atoms with E-state index in [4.69, 9.17) is 9.97 Å². The Morgan fingerprint density at radius 1 is 0.615 bits per heavy atom. The van der Waals surface area contributed by atoms with Gasteiger partial charge >= 0.3 is 0 Å². The fourth-order valence-electron chi connectivity index (χ4n) is 3.68. The third-order valence-corrected chi connectivity index (χ3v) is 4.93. The molecule has 5 rings (SSSR count). The van der Waals surface area contributed by atoms with Gasteiger partial charge in [-0.2, -0.15) is 0 Å². The third-order valence-electron chi connectivity index (χ3n) is 4.93. The maximum absolute atomic E-state index is 4.87. The number of rotatable bonds is 1. The maximum Gasteiger partial charge on any atom is 0.161 e. The van der Waals surface area contributed by atoms with Gasteiger partial charge in [0, 0.05) is 21.7 Å².